The third-order valence-corrected chi connectivity index (χ3v) is 9.37. The lowest BCUT2D eigenvalue weighted by atomic mass is 9.87. The van der Waals surface area contributed by atoms with Crippen molar-refractivity contribution in [3.8, 4) is 0 Å². The number of likely N-dealkylation sites (tertiary alicyclic amines) is 1. The first-order valence-corrected chi connectivity index (χ1v) is 14.0. The number of nitrogens with zero attached hydrogens (tertiary/aromatic N) is 3. The van der Waals surface area contributed by atoms with Crippen LogP contribution in [0.4, 0.5) is 0 Å². The van der Waals surface area contributed by atoms with E-state index in [-0.39, 0.29) is 17.2 Å². The molecule has 1 unspecified atom stereocenters. The summed E-state index contributed by atoms with van der Waals surface area (Å²) in [4.78, 5) is 35.0. The minimum Gasteiger partial charge on any atom is -0.341 e. The zero-order valence-corrected chi connectivity index (χ0v) is 22.3. The summed E-state index contributed by atoms with van der Waals surface area (Å²) in [6.45, 7) is 7.03. The Bertz CT molecular complexity index is 1340. The molecule has 2 amide bonds. The molecule has 192 valence electrons. The van der Waals surface area contributed by atoms with Crippen LogP contribution in [0, 0.1) is 18.3 Å². The Morgan fingerprint density at radius 2 is 1.97 bits per heavy atom. The van der Waals surface area contributed by atoms with Gasteiger partial charge in [0, 0.05) is 54.1 Å². The predicted octanol–water partition coefficient (Wildman–Crippen LogP) is 4.18. The molecule has 0 aromatic heterocycles. The van der Waals surface area contributed by atoms with E-state index in [0.29, 0.717) is 25.0 Å². The number of benzene rings is 1. The number of carbonyl (C=O) groups is 2. The van der Waals surface area contributed by atoms with Crippen molar-refractivity contribution in [3.63, 3.8) is 0 Å². The van der Waals surface area contributed by atoms with Gasteiger partial charge in [-0.1, -0.05) is 48.9 Å². The summed E-state index contributed by atoms with van der Waals surface area (Å²) in [5.41, 5.74) is 5.25. The minimum atomic E-state index is -0.532. The fraction of sp³-hybridized carbons (Fsp3) is 0.500. The van der Waals surface area contributed by atoms with Crippen LogP contribution < -0.4 is 5.32 Å². The molecule has 6 aliphatic rings. The first-order valence-electron chi connectivity index (χ1n) is 13.6. The second kappa shape index (κ2) is 8.15. The van der Waals surface area contributed by atoms with Crippen molar-refractivity contribution in [1.29, 1.82) is 0 Å². The molecule has 3 heterocycles. The van der Waals surface area contributed by atoms with Crippen molar-refractivity contribution in [3.05, 3.63) is 63.7 Å². The zero-order chi connectivity index (χ0) is 25.5. The van der Waals surface area contributed by atoms with Crippen LogP contribution in [0.2, 0.25) is 0 Å². The first kappa shape index (κ1) is 23.4. The number of amides is 2. The number of allylic oxidation sites excluding steroid dienone is 2. The van der Waals surface area contributed by atoms with Gasteiger partial charge in [-0.15, -0.1) is 0 Å². The Labute approximate surface area is 223 Å². The fourth-order valence-electron chi connectivity index (χ4n) is 6.21. The van der Waals surface area contributed by atoms with Crippen LogP contribution in [0.25, 0.3) is 5.57 Å². The summed E-state index contributed by atoms with van der Waals surface area (Å²) in [5, 5.41) is 4.37. The van der Waals surface area contributed by atoms with Gasteiger partial charge in [-0.2, -0.15) is 0 Å². The molecule has 3 fully saturated rings. The Balaban J connectivity index is 1.10. The number of hydrogen-bond acceptors (Lipinski definition) is 4. The van der Waals surface area contributed by atoms with Gasteiger partial charge in [-0.05, 0) is 67.4 Å². The Morgan fingerprint density at radius 1 is 1.19 bits per heavy atom. The summed E-state index contributed by atoms with van der Waals surface area (Å²) < 4.78 is 0. The highest BCUT2D eigenvalue weighted by atomic mass is 35.5. The van der Waals surface area contributed by atoms with Crippen LogP contribution in [-0.4, -0.2) is 65.2 Å². The maximum absolute atomic E-state index is 13.4. The number of aliphatic imine (C=N–C) groups is 1. The van der Waals surface area contributed by atoms with Crippen molar-refractivity contribution >= 4 is 34.8 Å². The van der Waals surface area contributed by atoms with Gasteiger partial charge in [0.25, 0.3) is 5.91 Å². The maximum Gasteiger partial charge on any atom is 0.256 e. The van der Waals surface area contributed by atoms with Crippen molar-refractivity contribution < 1.29 is 9.59 Å². The third-order valence-electron chi connectivity index (χ3n) is 9.13. The monoisotopic (exact) mass is 516 g/mol. The molecule has 3 aliphatic carbocycles. The lowest BCUT2D eigenvalue weighted by Gasteiger charge is -2.42. The van der Waals surface area contributed by atoms with Gasteiger partial charge in [-0.3, -0.25) is 19.5 Å². The molecule has 3 aliphatic heterocycles. The van der Waals surface area contributed by atoms with Crippen molar-refractivity contribution in [1.82, 2.24) is 15.1 Å². The number of amidine groups is 1. The molecular weight excluding hydrogens is 484 g/mol. The van der Waals surface area contributed by atoms with E-state index in [1.54, 1.807) is 0 Å². The minimum absolute atomic E-state index is 0.125. The summed E-state index contributed by atoms with van der Waals surface area (Å²) in [5.74, 6) is 1.57. The topological polar surface area (TPSA) is 65.0 Å². The molecule has 1 aromatic rings. The predicted molar refractivity (Wildman–Crippen MR) is 145 cm³/mol. The molecule has 0 bridgehead atoms. The number of rotatable bonds is 5. The molecule has 37 heavy (non-hydrogen) atoms. The number of hydrogen-bond donors (Lipinski definition) is 1. The summed E-state index contributed by atoms with van der Waals surface area (Å²) in [6.07, 6.45) is 11.0. The molecule has 7 rings (SSSR count). The van der Waals surface area contributed by atoms with Crippen LogP contribution in [0.3, 0.4) is 0 Å². The van der Waals surface area contributed by atoms with Gasteiger partial charge in [0.15, 0.2) is 0 Å². The lowest BCUT2D eigenvalue weighted by molar-refractivity contribution is -0.143. The normalized spacial score (nSPS) is 27.2. The molecule has 0 radical (unpaired) electrons. The van der Waals surface area contributed by atoms with E-state index in [2.05, 4.69) is 55.6 Å². The van der Waals surface area contributed by atoms with Gasteiger partial charge in [-0.25, -0.2) is 0 Å². The number of fused-ring (bicyclic) bond motifs is 1. The van der Waals surface area contributed by atoms with Crippen molar-refractivity contribution in [2.24, 2.45) is 16.3 Å². The smallest absolute Gasteiger partial charge is 0.256 e. The maximum atomic E-state index is 13.4. The second-order valence-corrected chi connectivity index (χ2v) is 12.6. The average Bonchev–Trinajstić information content (AvgIpc) is 3.78. The fourth-order valence-corrected chi connectivity index (χ4v) is 6.41. The number of aryl methyl sites for hydroxylation is 1. The SMILES string of the molecule is Cc1cc(C2=CC=C3C=C(Cl)CNC3C2)ccc1C1=NC2(CC2)C(=O)N1CC1CN(C(=O)C2(C)CC2)C1. The van der Waals surface area contributed by atoms with E-state index in [1.165, 1.54) is 16.7 Å². The second-order valence-electron chi connectivity index (χ2n) is 12.1. The molecule has 7 heteroatoms. The molecular formula is C30H33ClN4O2. The molecule has 1 spiro atoms. The highest BCUT2D eigenvalue weighted by Crippen LogP contribution is 2.48. The number of nitrogens with one attached hydrogen (secondary N) is 1. The molecule has 6 nitrogen and oxygen atoms in total. The highest BCUT2D eigenvalue weighted by molar-refractivity contribution is 6.30. The number of halogens is 1. The van der Waals surface area contributed by atoms with Crippen LogP contribution in [0.1, 0.15) is 55.7 Å². The van der Waals surface area contributed by atoms with Gasteiger partial charge in [0.05, 0.1) is 0 Å². The Morgan fingerprint density at radius 3 is 2.68 bits per heavy atom. The van der Waals surface area contributed by atoms with Crippen LogP contribution in [0.15, 0.2) is 52.0 Å². The third kappa shape index (κ3) is 3.91. The summed E-state index contributed by atoms with van der Waals surface area (Å²) in [7, 11) is 0. The van der Waals surface area contributed by atoms with E-state index < -0.39 is 5.54 Å². The average molecular weight is 517 g/mol. The van der Waals surface area contributed by atoms with Crippen molar-refractivity contribution in [2.45, 2.75) is 57.5 Å². The molecule has 1 atom stereocenters. The van der Waals surface area contributed by atoms with Gasteiger partial charge >= 0.3 is 0 Å². The van der Waals surface area contributed by atoms with Crippen LogP contribution in [0.5, 0.6) is 0 Å². The standard InChI is InChI=1S/C30H33ClN4O2/c1-18-11-20(21-3-4-22-12-23(31)14-32-25(22)13-21)5-6-24(18)26-33-30(9-10-30)28(37)35(26)17-19-15-34(16-19)27(36)29(2)7-8-29/h3-6,11-12,19,25,32H,7-10,13-17H2,1-2H3. The molecule has 2 saturated carbocycles. The lowest BCUT2D eigenvalue weighted by Crippen LogP contribution is -2.56. The van der Waals surface area contributed by atoms with Gasteiger partial charge in [0.2, 0.25) is 5.91 Å². The van der Waals surface area contributed by atoms with E-state index in [1.807, 2.05) is 9.80 Å². The molecule has 1 N–H and O–H groups in total. The van der Waals surface area contributed by atoms with E-state index in [4.69, 9.17) is 16.6 Å². The Kier molecular flexibility index (Phi) is 5.16. The van der Waals surface area contributed by atoms with Crippen LogP contribution in [-0.2, 0) is 9.59 Å². The summed E-state index contributed by atoms with van der Waals surface area (Å²) in [6, 6.07) is 6.83. The quantitative estimate of drug-likeness (QED) is 0.638. The number of carbonyl (C=O) groups excluding carboxylic acids is 2. The Hall–Kier alpha value is -2.70. The van der Waals surface area contributed by atoms with E-state index >= 15 is 0 Å². The van der Waals surface area contributed by atoms with Gasteiger partial charge < -0.3 is 10.2 Å². The zero-order valence-electron chi connectivity index (χ0n) is 21.5. The van der Waals surface area contributed by atoms with Crippen molar-refractivity contribution in [2.75, 3.05) is 26.2 Å². The highest BCUT2D eigenvalue weighted by Gasteiger charge is 2.58. The first-order chi connectivity index (χ1) is 17.7. The molecule has 1 saturated heterocycles. The largest absolute Gasteiger partial charge is 0.341 e. The summed E-state index contributed by atoms with van der Waals surface area (Å²) >= 11 is 6.20. The van der Waals surface area contributed by atoms with E-state index in [9.17, 15) is 9.59 Å². The van der Waals surface area contributed by atoms with E-state index in [0.717, 1.165) is 67.2 Å². The van der Waals surface area contributed by atoms with Gasteiger partial charge in [0.1, 0.15) is 11.4 Å². The molecule has 1 aromatic carbocycles. The van der Waals surface area contributed by atoms with Crippen LogP contribution >= 0.6 is 11.6 Å².